The number of amides is 1. The van der Waals surface area contributed by atoms with Gasteiger partial charge < -0.3 is 15.0 Å². The summed E-state index contributed by atoms with van der Waals surface area (Å²) in [7, 11) is -3.79. The normalized spacial score (nSPS) is 15.1. The molecule has 3 aromatic rings. The van der Waals surface area contributed by atoms with Gasteiger partial charge in [0.2, 0.25) is 10.0 Å². The smallest absolute Gasteiger partial charge is 0.338 e. The molecule has 1 unspecified atom stereocenters. The summed E-state index contributed by atoms with van der Waals surface area (Å²) >= 11 is 0. The lowest BCUT2D eigenvalue weighted by atomic mass is 9.97. The van der Waals surface area contributed by atoms with Gasteiger partial charge in [-0.2, -0.15) is 4.31 Å². The van der Waals surface area contributed by atoms with E-state index in [2.05, 4.69) is 24.1 Å². The van der Waals surface area contributed by atoms with E-state index in [1.54, 1.807) is 0 Å². The first-order valence-corrected chi connectivity index (χ1v) is 14.2. The van der Waals surface area contributed by atoms with Crippen LogP contribution in [0, 0.1) is 0 Å². The number of hydrogen-bond acceptors (Lipinski definition) is 6. The zero-order valence-electron chi connectivity index (χ0n) is 21.7. The number of carbonyl (C=O) groups excluding carboxylic acids is 2. The van der Waals surface area contributed by atoms with E-state index in [4.69, 9.17) is 4.74 Å². The van der Waals surface area contributed by atoms with E-state index in [0.29, 0.717) is 31.9 Å². The lowest BCUT2D eigenvalue weighted by Gasteiger charge is -2.35. The highest BCUT2D eigenvalue weighted by Crippen LogP contribution is 2.26. The number of piperazine rings is 1. The fourth-order valence-corrected chi connectivity index (χ4v) is 5.89. The first kappa shape index (κ1) is 27.3. The molecular weight excluding hydrogens is 502 g/mol. The summed E-state index contributed by atoms with van der Waals surface area (Å²) in [5, 5.41) is 2.80. The second kappa shape index (κ2) is 12.2. The second-order valence-electron chi connectivity index (χ2n) is 9.28. The van der Waals surface area contributed by atoms with Crippen LogP contribution in [0.1, 0.15) is 42.1 Å². The number of ether oxygens (including phenoxy) is 1. The minimum absolute atomic E-state index is 0.0204. The lowest BCUT2D eigenvalue weighted by Crippen LogP contribution is -2.48. The third kappa shape index (κ3) is 6.41. The zero-order chi connectivity index (χ0) is 27.1. The fourth-order valence-electron chi connectivity index (χ4n) is 4.42. The van der Waals surface area contributed by atoms with Gasteiger partial charge in [-0.3, -0.25) is 4.79 Å². The predicted molar refractivity (Wildman–Crippen MR) is 148 cm³/mol. The first-order chi connectivity index (χ1) is 18.3. The highest BCUT2D eigenvalue weighted by molar-refractivity contribution is 7.89. The number of benzene rings is 3. The lowest BCUT2D eigenvalue weighted by molar-refractivity contribution is -0.119. The molecule has 1 amide bonds. The number of carbonyl (C=O) groups is 2. The van der Waals surface area contributed by atoms with Gasteiger partial charge in [0, 0.05) is 37.6 Å². The van der Waals surface area contributed by atoms with Gasteiger partial charge in [-0.15, -0.1) is 0 Å². The summed E-state index contributed by atoms with van der Waals surface area (Å²) in [4.78, 5) is 27.3. The van der Waals surface area contributed by atoms with E-state index in [0.717, 1.165) is 17.7 Å². The third-order valence-electron chi connectivity index (χ3n) is 6.78. The molecule has 1 atom stereocenters. The van der Waals surface area contributed by atoms with E-state index in [1.807, 2.05) is 54.6 Å². The number of nitrogens with zero attached hydrogens (tertiary/aromatic N) is 2. The van der Waals surface area contributed by atoms with Crippen molar-refractivity contribution in [2.24, 2.45) is 0 Å². The highest BCUT2D eigenvalue weighted by atomic mass is 32.2. The van der Waals surface area contributed by atoms with Crippen LogP contribution in [0.5, 0.6) is 0 Å². The van der Waals surface area contributed by atoms with Crippen molar-refractivity contribution in [3.05, 3.63) is 90.0 Å². The van der Waals surface area contributed by atoms with Crippen molar-refractivity contribution >= 4 is 33.3 Å². The van der Waals surface area contributed by atoms with E-state index < -0.39 is 28.5 Å². The van der Waals surface area contributed by atoms with E-state index >= 15 is 0 Å². The van der Waals surface area contributed by atoms with Crippen LogP contribution in [0.25, 0.3) is 0 Å². The number of esters is 1. The van der Waals surface area contributed by atoms with Crippen molar-refractivity contribution in [1.82, 2.24) is 4.31 Å². The molecule has 0 spiro atoms. The topological polar surface area (TPSA) is 96.0 Å². The van der Waals surface area contributed by atoms with Crippen molar-refractivity contribution < 1.29 is 22.7 Å². The summed E-state index contributed by atoms with van der Waals surface area (Å²) < 4.78 is 33.2. The van der Waals surface area contributed by atoms with Gasteiger partial charge in [0.25, 0.3) is 5.91 Å². The molecule has 1 saturated heterocycles. The van der Waals surface area contributed by atoms with Crippen molar-refractivity contribution in [3.8, 4) is 0 Å². The molecule has 0 radical (unpaired) electrons. The van der Waals surface area contributed by atoms with Crippen LogP contribution in [0.2, 0.25) is 0 Å². The molecule has 1 heterocycles. The standard InChI is InChI=1S/C29H33N3O5S/c1-3-22(2)26-14-7-8-15-27(26)30-28(33)21-37-29(34)23-10-9-13-25(20-23)38(35,36)32-18-16-31(17-19-32)24-11-5-4-6-12-24/h4-15,20,22H,3,16-19,21H2,1-2H3,(H,30,33). The first-order valence-electron chi connectivity index (χ1n) is 12.8. The van der Waals surface area contributed by atoms with Gasteiger partial charge in [0.05, 0.1) is 10.5 Å². The van der Waals surface area contributed by atoms with Crippen LogP contribution < -0.4 is 10.2 Å². The molecule has 38 heavy (non-hydrogen) atoms. The Morgan fingerprint density at radius 3 is 2.32 bits per heavy atom. The monoisotopic (exact) mass is 535 g/mol. The van der Waals surface area contributed by atoms with Crippen LogP contribution in [0.4, 0.5) is 11.4 Å². The Labute approximate surface area is 224 Å². The van der Waals surface area contributed by atoms with Crippen LogP contribution in [-0.2, 0) is 19.6 Å². The Bertz CT molecular complexity index is 1370. The number of anilines is 2. The molecule has 0 aliphatic carbocycles. The molecule has 8 nitrogen and oxygen atoms in total. The largest absolute Gasteiger partial charge is 0.452 e. The molecule has 0 bridgehead atoms. The van der Waals surface area contributed by atoms with Gasteiger partial charge in [0.1, 0.15) is 0 Å². The summed E-state index contributed by atoms with van der Waals surface area (Å²) in [6.07, 6.45) is 0.920. The molecule has 9 heteroatoms. The van der Waals surface area contributed by atoms with Crippen LogP contribution in [0.15, 0.2) is 83.8 Å². The van der Waals surface area contributed by atoms with Crippen molar-refractivity contribution in [2.45, 2.75) is 31.1 Å². The Kier molecular flexibility index (Phi) is 8.81. The zero-order valence-corrected chi connectivity index (χ0v) is 22.5. The summed E-state index contributed by atoms with van der Waals surface area (Å²) in [5.41, 5.74) is 2.82. The average Bonchev–Trinajstić information content (AvgIpc) is 2.96. The Morgan fingerprint density at radius 2 is 1.61 bits per heavy atom. The average molecular weight is 536 g/mol. The van der Waals surface area contributed by atoms with Crippen molar-refractivity contribution in [3.63, 3.8) is 0 Å². The Hall–Kier alpha value is -3.69. The molecular formula is C29H33N3O5S. The Balaban J connectivity index is 1.36. The molecule has 1 fully saturated rings. The highest BCUT2D eigenvalue weighted by Gasteiger charge is 2.29. The maximum absolute atomic E-state index is 13.3. The summed E-state index contributed by atoms with van der Waals surface area (Å²) in [5.74, 6) is -0.962. The molecule has 0 saturated carbocycles. The fraction of sp³-hybridized carbons (Fsp3) is 0.310. The number of para-hydroxylation sites is 2. The summed E-state index contributed by atoms with van der Waals surface area (Å²) in [6, 6.07) is 23.1. The maximum Gasteiger partial charge on any atom is 0.338 e. The quantitative estimate of drug-likeness (QED) is 0.405. The van der Waals surface area contributed by atoms with Gasteiger partial charge in [0.15, 0.2) is 6.61 Å². The van der Waals surface area contributed by atoms with Crippen LogP contribution in [0.3, 0.4) is 0 Å². The van der Waals surface area contributed by atoms with Gasteiger partial charge in [-0.25, -0.2) is 13.2 Å². The van der Waals surface area contributed by atoms with Gasteiger partial charge in [-0.05, 0) is 54.3 Å². The number of sulfonamides is 1. The Morgan fingerprint density at radius 1 is 0.921 bits per heavy atom. The van der Waals surface area contributed by atoms with E-state index in [-0.39, 0.29) is 16.4 Å². The number of rotatable bonds is 9. The second-order valence-corrected chi connectivity index (χ2v) is 11.2. The van der Waals surface area contributed by atoms with E-state index in [9.17, 15) is 18.0 Å². The molecule has 1 N–H and O–H groups in total. The van der Waals surface area contributed by atoms with Crippen LogP contribution >= 0.6 is 0 Å². The molecule has 1 aliphatic heterocycles. The summed E-state index contributed by atoms with van der Waals surface area (Å²) in [6.45, 7) is 5.49. The predicted octanol–water partition coefficient (Wildman–Crippen LogP) is 4.51. The minimum Gasteiger partial charge on any atom is -0.452 e. The molecule has 4 rings (SSSR count). The third-order valence-corrected chi connectivity index (χ3v) is 8.67. The number of hydrogen-bond donors (Lipinski definition) is 1. The van der Waals surface area contributed by atoms with E-state index in [1.165, 1.54) is 28.6 Å². The molecule has 0 aromatic heterocycles. The minimum atomic E-state index is -3.79. The van der Waals surface area contributed by atoms with Crippen LogP contribution in [-0.4, -0.2) is 57.4 Å². The SMILES string of the molecule is CCC(C)c1ccccc1NC(=O)COC(=O)c1cccc(S(=O)(=O)N2CCN(c3ccccc3)CC2)c1. The van der Waals surface area contributed by atoms with Crippen molar-refractivity contribution in [2.75, 3.05) is 43.0 Å². The van der Waals surface area contributed by atoms with Gasteiger partial charge in [-0.1, -0.05) is 56.3 Å². The molecule has 3 aromatic carbocycles. The van der Waals surface area contributed by atoms with Crippen molar-refractivity contribution in [1.29, 1.82) is 0 Å². The molecule has 200 valence electrons. The maximum atomic E-state index is 13.3. The molecule has 1 aliphatic rings. The number of nitrogens with one attached hydrogen (secondary N) is 1. The van der Waals surface area contributed by atoms with Gasteiger partial charge >= 0.3 is 5.97 Å².